The summed E-state index contributed by atoms with van der Waals surface area (Å²) in [6, 6.07) is 11.8. The highest BCUT2D eigenvalue weighted by Gasteiger charge is 2.10. The Labute approximate surface area is 122 Å². The van der Waals surface area contributed by atoms with Crippen LogP contribution in [0.15, 0.2) is 36.4 Å². The van der Waals surface area contributed by atoms with E-state index in [1.165, 1.54) is 0 Å². The first-order valence-electron chi connectivity index (χ1n) is 6.75. The molecule has 3 rings (SSSR count). The average molecular weight is 280 g/mol. The lowest BCUT2D eigenvalue weighted by Crippen LogP contribution is -2.01. The molecule has 1 aromatic heterocycles. The Morgan fingerprint density at radius 3 is 2.33 bits per heavy atom. The molecule has 0 unspecified atom stereocenters. The summed E-state index contributed by atoms with van der Waals surface area (Å²) >= 11 is 0. The molecule has 0 aliphatic heterocycles. The van der Waals surface area contributed by atoms with E-state index < -0.39 is 0 Å². The van der Waals surface area contributed by atoms with Gasteiger partial charge in [0, 0.05) is 6.54 Å². The fourth-order valence-electron chi connectivity index (χ4n) is 2.32. The lowest BCUT2D eigenvalue weighted by molar-refractivity contribution is 0.430. The molecule has 0 saturated heterocycles. The third kappa shape index (κ3) is 2.68. The zero-order valence-electron chi connectivity index (χ0n) is 12.0. The van der Waals surface area contributed by atoms with Gasteiger partial charge < -0.3 is 10.5 Å². The van der Waals surface area contributed by atoms with Gasteiger partial charge in [0.05, 0.1) is 5.52 Å². The Bertz CT molecular complexity index is 778. The quantitative estimate of drug-likeness (QED) is 0.798. The van der Waals surface area contributed by atoms with Gasteiger partial charge >= 0.3 is 6.01 Å². The van der Waals surface area contributed by atoms with Gasteiger partial charge in [0.2, 0.25) is 0 Å². The van der Waals surface area contributed by atoms with E-state index in [9.17, 15) is 0 Å². The van der Waals surface area contributed by atoms with Crippen LogP contribution in [0.4, 0.5) is 0 Å². The van der Waals surface area contributed by atoms with E-state index in [1.807, 2.05) is 50.2 Å². The smallest absolute Gasteiger partial charge is 0.341 e. The predicted octanol–water partition coefficient (Wildman–Crippen LogP) is 2.89. The molecule has 0 radical (unpaired) electrons. The summed E-state index contributed by atoms with van der Waals surface area (Å²) < 4.78 is 5.82. The molecule has 2 aromatic carbocycles. The van der Waals surface area contributed by atoms with Crippen LogP contribution >= 0.6 is 0 Å². The molecule has 1 heterocycles. The van der Waals surface area contributed by atoms with Crippen LogP contribution in [0.5, 0.6) is 11.8 Å². The normalized spacial score (nSPS) is 10.8. The van der Waals surface area contributed by atoms with Gasteiger partial charge in [-0.25, -0.2) is 0 Å². The molecular weight excluding hydrogens is 264 g/mol. The number of para-hydroxylation sites is 1. The predicted molar refractivity (Wildman–Crippen MR) is 81.2 cm³/mol. The molecule has 0 aliphatic rings. The number of rotatable bonds is 3. The highest BCUT2D eigenvalue weighted by atomic mass is 16.5. The number of nitrogens with zero attached hydrogens (tertiary/aromatic N) is 3. The molecule has 5 heteroatoms. The first-order valence-corrected chi connectivity index (χ1v) is 6.75. The van der Waals surface area contributed by atoms with Crippen molar-refractivity contribution >= 4 is 11.0 Å². The Hall–Kier alpha value is -2.53. The summed E-state index contributed by atoms with van der Waals surface area (Å²) in [5.74, 6) is 0.754. The molecule has 2 N–H and O–H groups in total. The number of aromatic nitrogens is 3. The molecule has 0 atom stereocenters. The van der Waals surface area contributed by atoms with Gasteiger partial charge in [-0.15, -0.1) is 5.10 Å². The maximum atomic E-state index is 5.82. The van der Waals surface area contributed by atoms with Crippen molar-refractivity contribution < 1.29 is 4.74 Å². The van der Waals surface area contributed by atoms with Crippen LogP contribution in [0.2, 0.25) is 0 Å². The van der Waals surface area contributed by atoms with Crippen molar-refractivity contribution in [2.24, 2.45) is 5.73 Å². The molecule has 0 bridgehead atoms. The monoisotopic (exact) mass is 280 g/mol. The van der Waals surface area contributed by atoms with E-state index in [-0.39, 0.29) is 6.01 Å². The van der Waals surface area contributed by atoms with Gasteiger partial charge in [-0.05, 0) is 42.7 Å². The average Bonchev–Trinajstić information content (AvgIpc) is 2.50. The highest BCUT2D eigenvalue weighted by molar-refractivity contribution is 5.73. The van der Waals surface area contributed by atoms with Crippen molar-refractivity contribution in [1.82, 2.24) is 15.2 Å². The molecular formula is C16H16N4O. The van der Waals surface area contributed by atoms with Crippen molar-refractivity contribution in [3.05, 3.63) is 53.1 Å². The fourth-order valence-corrected chi connectivity index (χ4v) is 2.32. The second kappa shape index (κ2) is 5.46. The number of benzene rings is 2. The second-order valence-corrected chi connectivity index (χ2v) is 4.95. The summed E-state index contributed by atoms with van der Waals surface area (Å²) in [7, 11) is 0. The summed E-state index contributed by atoms with van der Waals surface area (Å²) in [5.41, 5.74) is 10.3. The van der Waals surface area contributed by atoms with E-state index in [1.54, 1.807) is 0 Å². The minimum absolute atomic E-state index is 0.250. The van der Waals surface area contributed by atoms with Crippen molar-refractivity contribution in [2.45, 2.75) is 20.4 Å². The van der Waals surface area contributed by atoms with Crippen LogP contribution in [0.1, 0.15) is 16.7 Å². The minimum Gasteiger partial charge on any atom is -0.423 e. The van der Waals surface area contributed by atoms with Crippen molar-refractivity contribution in [3.63, 3.8) is 0 Å². The molecule has 0 fully saturated rings. The lowest BCUT2D eigenvalue weighted by atomic mass is 10.1. The maximum Gasteiger partial charge on any atom is 0.341 e. The topological polar surface area (TPSA) is 73.9 Å². The fraction of sp³-hybridized carbons (Fsp3) is 0.188. The number of hydrogen-bond acceptors (Lipinski definition) is 5. The number of ether oxygens (including phenoxy) is 1. The van der Waals surface area contributed by atoms with Crippen molar-refractivity contribution in [1.29, 1.82) is 0 Å². The molecule has 0 amide bonds. The molecule has 0 aliphatic carbocycles. The molecule has 106 valence electrons. The van der Waals surface area contributed by atoms with Crippen LogP contribution < -0.4 is 10.5 Å². The minimum atomic E-state index is 0.250. The Morgan fingerprint density at radius 1 is 1.00 bits per heavy atom. The number of nitrogens with two attached hydrogens (primary N) is 1. The first-order chi connectivity index (χ1) is 10.2. The second-order valence-electron chi connectivity index (χ2n) is 4.95. The van der Waals surface area contributed by atoms with Crippen LogP contribution in [0, 0.1) is 13.8 Å². The third-order valence-corrected chi connectivity index (χ3v) is 3.29. The standard InChI is InChI=1S/C16H16N4O/c1-10-7-12(9-17)8-11(2)15(10)21-16-18-13-5-3-4-6-14(13)19-20-16/h3-8H,9,17H2,1-2H3. The van der Waals surface area contributed by atoms with Gasteiger partial charge in [-0.2, -0.15) is 4.98 Å². The zero-order valence-corrected chi connectivity index (χ0v) is 12.0. The van der Waals surface area contributed by atoms with E-state index in [2.05, 4.69) is 15.2 Å². The van der Waals surface area contributed by atoms with Crippen LogP contribution in [0.25, 0.3) is 11.0 Å². The third-order valence-electron chi connectivity index (χ3n) is 3.29. The van der Waals surface area contributed by atoms with Crippen LogP contribution in [-0.4, -0.2) is 15.2 Å². The largest absolute Gasteiger partial charge is 0.423 e. The number of hydrogen-bond donors (Lipinski definition) is 1. The molecule has 3 aromatic rings. The molecule has 0 spiro atoms. The highest BCUT2D eigenvalue weighted by Crippen LogP contribution is 2.28. The van der Waals surface area contributed by atoms with Gasteiger partial charge in [-0.1, -0.05) is 29.4 Å². The van der Waals surface area contributed by atoms with Gasteiger partial charge in [-0.3, -0.25) is 0 Å². The van der Waals surface area contributed by atoms with E-state index in [4.69, 9.17) is 10.5 Å². The summed E-state index contributed by atoms with van der Waals surface area (Å²) in [4.78, 5) is 4.37. The van der Waals surface area contributed by atoms with E-state index in [0.29, 0.717) is 6.54 Å². The van der Waals surface area contributed by atoms with Crippen LogP contribution in [0.3, 0.4) is 0 Å². The van der Waals surface area contributed by atoms with E-state index >= 15 is 0 Å². The van der Waals surface area contributed by atoms with Crippen molar-refractivity contribution in [3.8, 4) is 11.8 Å². The Morgan fingerprint density at radius 2 is 1.67 bits per heavy atom. The SMILES string of the molecule is Cc1cc(CN)cc(C)c1Oc1nnc2ccccc2n1. The van der Waals surface area contributed by atoms with Crippen molar-refractivity contribution in [2.75, 3.05) is 0 Å². The Kier molecular flexibility index (Phi) is 3.50. The summed E-state index contributed by atoms with van der Waals surface area (Å²) in [6.07, 6.45) is 0. The Balaban J connectivity index is 1.98. The first kappa shape index (κ1) is 13.5. The molecule has 21 heavy (non-hydrogen) atoms. The van der Waals surface area contributed by atoms with Crippen LogP contribution in [-0.2, 0) is 6.54 Å². The van der Waals surface area contributed by atoms with Gasteiger partial charge in [0.15, 0.2) is 0 Å². The summed E-state index contributed by atoms with van der Waals surface area (Å²) in [5, 5.41) is 8.13. The maximum absolute atomic E-state index is 5.82. The van der Waals surface area contributed by atoms with Gasteiger partial charge in [0.1, 0.15) is 11.3 Å². The molecule has 5 nitrogen and oxygen atoms in total. The number of aryl methyl sites for hydroxylation is 2. The van der Waals surface area contributed by atoms with Gasteiger partial charge in [0.25, 0.3) is 0 Å². The summed E-state index contributed by atoms with van der Waals surface area (Å²) in [6.45, 7) is 4.47. The van der Waals surface area contributed by atoms with E-state index in [0.717, 1.165) is 33.5 Å². The zero-order chi connectivity index (χ0) is 14.8. The lowest BCUT2D eigenvalue weighted by Gasteiger charge is -2.11. The molecule has 0 saturated carbocycles. The number of fused-ring (bicyclic) bond motifs is 1.